The molecule has 1 aliphatic rings. The number of hydrogen-bond donors (Lipinski definition) is 1. The first kappa shape index (κ1) is 11.1. The number of halogens is 4. The minimum Gasteiger partial charge on any atom is -0.379 e. The number of aromatic nitrogens is 1. The maximum absolute atomic E-state index is 13.1. The summed E-state index contributed by atoms with van der Waals surface area (Å²) in [6.45, 7) is 0.682. The van der Waals surface area contributed by atoms with Gasteiger partial charge in [0.2, 0.25) is 11.6 Å². The molecule has 1 saturated heterocycles. The van der Waals surface area contributed by atoms with Crippen LogP contribution in [0.4, 0.5) is 23.2 Å². The molecular weight excluding hydrogens is 228 g/mol. The largest absolute Gasteiger partial charge is 0.379 e. The summed E-state index contributed by atoms with van der Waals surface area (Å²) >= 11 is 0. The highest BCUT2D eigenvalue weighted by Gasteiger charge is 2.24. The van der Waals surface area contributed by atoms with Crippen LogP contribution in [0.25, 0.3) is 0 Å². The van der Waals surface area contributed by atoms with E-state index < -0.39 is 29.2 Å². The van der Waals surface area contributed by atoms with Gasteiger partial charge in [-0.15, -0.1) is 0 Å². The number of hydrogen-bond acceptors (Lipinski definition) is 3. The van der Waals surface area contributed by atoms with Gasteiger partial charge >= 0.3 is 0 Å². The highest BCUT2D eigenvalue weighted by atomic mass is 19.2. The zero-order valence-electron chi connectivity index (χ0n) is 8.07. The Morgan fingerprint density at radius 1 is 1.12 bits per heavy atom. The van der Waals surface area contributed by atoms with Crippen LogP contribution < -0.4 is 5.32 Å². The monoisotopic (exact) mass is 236 g/mol. The molecule has 1 fully saturated rings. The van der Waals surface area contributed by atoms with Crippen molar-refractivity contribution >= 4 is 5.69 Å². The van der Waals surface area contributed by atoms with Gasteiger partial charge in [0.1, 0.15) is 5.69 Å². The second-order valence-electron chi connectivity index (χ2n) is 3.40. The average Bonchev–Trinajstić information content (AvgIpc) is 2.74. The van der Waals surface area contributed by atoms with E-state index in [0.29, 0.717) is 13.0 Å². The zero-order chi connectivity index (χ0) is 11.7. The summed E-state index contributed by atoms with van der Waals surface area (Å²) in [5.41, 5.74) is -0.833. The fraction of sp³-hybridized carbons (Fsp3) is 0.444. The highest BCUT2D eigenvalue weighted by Crippen LogP contribution is 2.24. The lowest BCUT2D eigenvalue weighted by Gasteiger charge is -2.13. The van der Waals surface area contributed by atoms with Crippen LogP contribution in [0, 0.1) is 23.5 Å². The molecule has 0 aliphatic carbocycles. The van der Waals surface area contributed by atoms with E-state index in [9.17, 15) is 17.6 Å². The summed E-state index contributed by atoms with van der Waals surface area (Å²) in [5.74, 6) is -6.38. The molecule has 1 N–H and O–H groups in total. The van der Waals surface area contributed by atoms with Crippen LogP contribution in [0.1, 0.15) is 6.42 Å². The van der Waals surface area contributed by atoms with Crippen molar-refractivity contribution in [1.82, 2.24) is 4.98 Å². The molecule has 0 bridgehead atoms. The maximum Gasteiger partial charge on any atom is 0.253 e. The third-order valence-corrected chi connectivity index (χ3v) is 2.28. The van der Waals surface area contributed by atoms with Crippen LogP contribution in [-0.2, 0) is 4.74 Å². The van der Waals surface area contributed by atoms with Gasteiger partial charge in [0.25, 0.3) is 11.9 Å². The van der Waals surface area contributed by atoms with Crippen molar-refractivity contribution in [1.29, 1.82) is 0 Å². The van der Waals surface area contributed by atoms with E-state index in [2.05, 4.69) is 10.3 Å². The Balaban J connectivity index is 2.31. The normalized spacial score (nSPS) is 20.1. The molecular formula is C9H8F4N2O. The Morgan fingerprint density at radius 3 is 2.25 bits per heavy atom. The minimum atomic E-state index is -1.67. The molecule has 7 heteroatoms. The number of anilines is 1. The summed E-state index contributed by atoms with van der Waals surface area (Å²) < 4.78 is 56.7. The zero-order valence-corrected chi connectivity index (χ0v) is 8.07. The average molecular weight is 236 g/mol. The van der Waals surface area contributed by atoms with E-state index >= 15 is 0 Å². The van der Waals surface area contributed by atoms with Gasteiger partial charge in [-0.25, -0.2) is 0 Å². The molecule has 0 saturated carbocycles. The van der Waals surface area contributed by atoms with E-state index in [0.717, 1.165) is 0 Å². The van der Waals surface area contributed by atoms with Crippen molar-refractivity contribution < 1.29 is 22.3 Å². The SMILES string of the molecule is Fc1nc(F)c(F)c(NC2CCOC2)c1F. The van der Waals surface area contributed by atoms with E-state index in [4.69, 9.17) is 4.74 Å². The van der Waals surface area contributed by atoms with Crippen LogP contribution in [0.5, 0.6) is 0 Å². The molecule has 0 radical (unpaired) electrons. The summed E-state index contributed by atoms with van der Waals surface area (Å²) in [7, 11) is 0. The van der Waals surface area contributed by atoms with Crippen molar-refractivity contribution in [3.63, 3.8) is 0 Å². The molecule has 16 heavy (non-hydrogen) atoms. The van der Waals surface area contributed by atoms with Crippen molar-refractivity contribution in [2.75, 3.05) is 18.5 Å². The summed E-state index contributed by atoms with van der Waals surface area (Å²) in [4.78, 5) is 2.45. The molecule has 1 aromatic heterocycles. The van der Waals surface area contributed by atoms with Crippen LogP contribution in [-0.4, -0.2) is 24.2 Å². The molecule has 0 aromatic carbocycles. The molecule has 0 spiro atoms. The van der Waals surface area contributed by atoms with Crippen LogP contribution in [0.2, 0.25) is 0 Å². The maximum atomic E-state index is 13.1. The standard InChI is InChI=1S/C9H8F4N2O/c10-5-7(14-4-1-2-16-3-4)6(11)9(13)15-8(5)12/h4H,1-3H2,(H,14,15). The summed E-state index contributed by atoms with van der Waals surface area (Å²) in [5, 5.41) is 2.36. The van der Waals surface area contributed by atoms with Gasteiger partial charge in [0, 0.05) is 6.61 Å². The van der Waals surface area contributed by atoms with Crippen LogP contribution >= 0.6 is 0 Å². The van der Waals surface area contributed by atoms with Crippen molar-refractivity contribution in [3.05, 3.63) is 23.5 Å². The smallest absolute Gasteiger partial charge is 0.253 e. The minimum absolute atomic E-state index is 0.241. The highest BCUT2D eigenvalue weighted by molar-refractivity contribution is 5.46. The van der Waals surface area contributed by atoms with Crippen molar-refractivity contribution in [3.8, 4) is 0 Å². The lowest BCUT2D eigenvalue weighted by atomic mass is 10.2. The fourth-order valence-corrected chi connectivity index (χ4v) is 1.47. The second-order valence-corrected chi connectivity index (χ2v) is 3.40. The molecule has 0 amide bonds. The second kappa shape index (κ2) is 4.25. The Hall–Kier alpha value is -1.37. The van der Waals surface area contributed by atoms with Crippen LogP contribution in [0.3, 0.4) is 0 Å². The number of nitrogens with zero attached hydrogens (tertiary/aromatic N) is 1. The molecule has 1 aromatic rings. The third kappa shape index (κ3) is 1.95. The quantitative estimate of drug-likeness (QED) is 0.628. The Bertz CT molecular complexity index is 381. The van der Waals surface area contributed by atoms with E-state index in [1.54, 1.807) is 0 Å². The summed E-state index contributed by atoms with van der Waals surface area (Å²) in [6.07, 6.45) is 0.518. The predicted octanol–water partition coefficient (Wildman–Crippen LogP) is 1.84. The molecule has 88 valence electrons. The van der Waals surface area contributed by atoms with Gasteiger partial charge in [0.15, 0.2) is 0 Å². The van der Waals surface area contributed by atoms with Gasteiger partial charge in [-0.2, -0.15) is 22.5 Å². The molecule has 3 nitrogen and oxygen atoms in total. The van der Waals surface area contributed by atoms with E-state index in [-0.39, 0.29) is 12.6 Å². The van der Waals surface area contributed by atoms with Gasteiger partial charge in [-0.3, -0.25) is 0 Å². The topological polar surface area (TPSA) is 34.2 Å². The first-order valence-corrected chi connectivity index (χ1v) is 4.64. The van der Waals surface area contributed by atoms with Crippen molar-refractivity contribution in [2.45, 2.75) is 12.5 Å². The Morgan fingerprint density at radius 2 is 1.75 bits per heavy atom. The van der Waals surface area contributed by atoms with Gasteiger partial charge in [-0.1, -0.05) is 0 Å². The lowest BCUT2D eigenvalue weighted by molar-refractivity contribution is 0.195. The molecule has 1 atom stereocenters. The van der Waals surface area contributed by atoms with E-state index in [1.165, 1.54) is 0 Å². The molecule has 2 heterocycles. The predicted molar refractivity (Wildman–Crippen MR) is 46.9 cm³/mol. The van der Waals surface area contributed by atoms with Crippen LogP contribution in [0.15, 0.2) is 0 Å². The first-order chi connectivity index (χ1) is 7.59. The Kier molecular flexibility index (Phi) is 2.95. The molecule has 1 aliphatic heterocycles. The Labute approximate surface area is 88.4 Å². The molecule has 1 unspecified atom stereocenters. The van der Waals surface area contributed by atoms with Gasteiger partial charge < -0.3 is 10.1 Å². The first-order valence-electron chi connectivity index (χ1n) is 4.64. The lowest BCUT2D eigenvalue weighted by Crippen LogP contribution is -2.22. The van der Waals surface area contributed by atoms with E-state index in [1.807, 2.05) is 0 Å². The number of pyridine rings is 1. The number of rotatable bonds is 2. The molecule has 2 rings (SSSR count). The van der Waals surface area contributed by atoms with Gasteiger partial charge in [-0.05, 0) is 6.42 Å². The number of nitrogens with one attached hydrogen (secondary N) is 1. The van der Waals surface area contributed by atoms with Gasteiger partial charge in [0.05, 0.1) is 12.6 Å². The summed E-state index contributed by atoms with van der Waals surface area (Å²) in [6, 6.07) is -0.356. The number of ether oxygens (including phenoxy) is 1. The fourth-order valence-electron chi connectivity index (χ4n) is 1.47. The van der Waals surface area contributed by atoms with Crippen molar-refractivity contribution in [2.24, 2.45) is 0 Å². The third-order valence-electron chi connectivity index (χ3n) is 2.28.